The summed E-state index contributed by atoms with van der Waals surface area (Å²) in [4.78, 5) is 0. The Morgan fingerprint density at radius 3 is 2.94 bits per heavy atom. The molecular weight excluding hydrogens is 230 g/mol. The molecule has 1 fully saturated rings. The first kappa shape index (κ1) is 11.4. The molecule has 0 unspecified atom stereocenters. The summed E-state index contributed by atoms with van der Waals surface area (Å²) in [7, 11) is 0. The summed E-state index contributed by atoms with van der Waals surface area (Å²) < 4.78 is 11.2. The number of rotatable bonds is 3. The van der Waals surface area contributed by atoms with Crippen molar-refractivity contribution in [3.63, 3.8) is 0 Å². The Morgan fingerprint density at radius 2 is 2.17 bits per heavy atom. The lowest BCUT2D eigenvalue weighted by molar-refractivity contribution is 0.251. The molecule has 4 nitrogen and oxygen atoms in total. The van der Waals surface area contributed by atoms with Crippen LogP contribution in [-0.4, -0.2) is 24.1 Å². The molecule has 0 amide bonds. The quantitative estimate of drug-likeness (QED) is 0.660. The normalized spacial score (nSPS) is 21.0. The number of nitrogens with zero attached hydrogens (tertiary/aromatic N) is 1. The van der Waals surface area contributed by atoms with Crippen LogP contribution in [0.15, 0.2) is 23.4 Å². The summed E-state index contributed by atoms with van der Waals surface area (Å²) >= 11 is 0. The molecule has 0 atom stereocenters. The van der Waals surface area contributed by atoms with Gasteiger partial charge in [-0.25, -0.2) is 0 Å². The summed E-state index contributed by atoms with van der Waals surface area (Å²) in [5, 5.41) is 12.0. The first-order valence-electron chi connectivity index (χ1n) is 6.48. The van der Waals surface area contributed by atoms with Crippen LogP contribution in [0.4, 0.5) is 0 Å². The lowest BCUT2D eigenvalue weighted by Gasteiger charge is -2.11. The number of hydrogen-bond donors (Lipinski definition) is 1. The molecule has 1 aliphatic carbocycles. The number of fused-ring (bicyclic) bond motifs is 1. The van der Waals surface area contributed by atoms with Crippen LogP contribution in [0, 0.1) is 5.92 Å². The maximum Gasteiger partial charge on any atom is 0.134 e. The molecule has 0 spiro atoms. The van der Waals surface area contributed by atoms with E-state index < -0.39 is 0 Å². The van der Waals surface area contributed by atoms with Crippen LogP contribution >= 0.6 is 0 Å². The van der Waals surface area contributed by atoms with Crippen LogP contribution in [0.3, 0.4) is 0 Å². The van der Waals surface area contributed by atoms with Crippen molar-refractivity contribution in [2.75, 3.05) is 13.2 Å². The molecule has 2 aliphatic rings. The second-order valence-corrected chi connectivity index (χ2v) is 4.95. The molecule has 1 saturated carbocycles. The minimum absolute atomic E-state index is 0.331. The van der Waals surface area contributed by atoms with Crippen molar-refractivity contribution in [1.82, 2.24) is 0 Å². The average molecular weight is 247 g/mol. The van der Waals surface area contributed by atoms with Gasteiger partial charge in [-0.15, -0.1) is 0 Å². The van der Waals surface area contributed by atoms with Gasteiger partial charge in [-0.1, -0.05) is 18.0 Å². The Labute approximate surface area is 106 Å². The lowest BCUT2D eigenvalue weighted by atomic mass is 10.1. The fourth-order valence-corrected chi connectivity index (χ4v) is 2.65. The second-order valence-electron chi connectivity index (χ2n) is 4.95. The predicted molar refractivity (Wildman–Crippen MR) is 67.7 cm³/mol. The molecule has 1 heterocycles. The first-order chi connectivity index (χ1) is 8.86. The Hall–Kier alpha value is -1.71. The molecule has 0 saturated heterocycles. The van der Waals surface area contributed by atoms with Crippen molar-refractivity contribution in [2.45, 2.75) is 25.7 Å². The standard InChI is InChI=1S/C14H17NO3/c16-15-13-9-18-14-7-11(5-6-12(13)14)17-8-10-3-1-2-4-10/h5-7,10,16H,1-4,8-9H2. The molecule has 18 heavy (non-hydrogen) atoms. The van der Waals surface area contributed by atoms with E-state index in [2.05, 4.69) is 5.16 Å². The van der Waals surface area contributed by atoms with E-state index in [-0.39, 0.29) is 0 Å². The van der Waals surface area contributed by atoms with Crippen LogP contribution in [-0.2, 0) is 0 Å². The first-order valence-corrected chi connectivity index (χ1v) is 6.48. The third-order valence-corrected chi connectivity index (χ3v) is 3.71. The van der Waals surface area contributed by atoms with E-state index in [0.29, 0.717) is 18.2 Å². The van der Waals surface area contributed by atoms with Gasteiger partial charge in [-0.05, 0) is 30.9 Å². The molecule has 96 valence electrons. The molecule has 1 aliphatic heterocycles. The fraction of sp³-hybridized carbons (Fsp3) is 0.500. The third kappa shape index (κ3) is 2.15. The number of benzene rings is 1. The van der Waals surface area contributed by atoms with E-state index in [0.717, 1.165) is 23.7 Å². The van der Waals surface area contributed by atoms with Crippen LogP contribution < -0.4 is 9.47 Å². The summed E-state index contributed by atoms with van der Waals surface area (Å²) in [6, 6.07) is 5.68. The minimum Gasteiger partial charge on any atom is -0.493 e. The van der Waals surface area contributed by atoms with Gasteiger partial charge in [0.25, 0.3) is 0 Å². The van der Waals surface area contributed by atoms with E-state index >= 15 is 0 Å². The van der Waals surface area contributed by atoms with E-state index in [1.807, 2.05) is 18.2 Å². The van der Waals surface area contributed by atoms with Gasteiger partial charge in [0.05, 0.1) is 6.61 Å². The monoisotopic (exact) mass is 247 g/mol. The van der Waals surface area contributed by atoms with Crippen LogP contribution in [0.25, 0.3) is 0 Å². The fourth-order valence-electron chi connectivity index (χ4n) is 2.65. The van der Waals surface area contributed by atoms with Gasteiger partial charge >= 0.3 is 0 Å². The molecule has 0 radical (unpaired) electrons. The Balaban J connectivity index is 1.67. The van der Waals surface area contributed by atoms with Crippen LogP contribution in [0.1, 0.15) is 31.2 Å². The minimum atomic E-state index is 0.331. The Morgan fingerprint density at radius 1 is 1.33 bits per heavy atom. The maximum atomic E-state index is 8.81. The van der Waals surface area contributed by atoms with Crippen molar-refractivity contribution < 1.29 is 14.7 Å². The molecular formula is C14H17NO3. The molecule has 0 bridgehead atoms. The maximum absolute atomic E-state index is 8.81. The highest BCUT2D eigenvalue weighted by atomic mass is 16.5. The number of hydrogen-bond acceptors (Lipinski definition) is 4. The van der Waals surface area contributed by atoms with Gasteiger partial charge < -0.3 is 14.7 Å². The van der Waals surface area contributed by atoms with Gasteiger partial charge in [-0.2, -0.15) is 0 Å². The van der Waals surface area contributed by atoms with Gasteiger partial charge in [0, 0.05) is 11.6 Å². The zero-order valence-electron chi connectivity index (χ0n) is 10.3. The van der Waals surface area contributed by atoms with Crippen molar-refractivity contribution >= 4 is 5.71 Å². The molecule has 0 aromatic heterocycles. The third-order valence-electron chi connectivity index (χ3n) is 3.71. The molecule has 1 aromatic rings. The SMILES string of the molecule is ON=C1COc2cc(OCC3CCCC3)ccc21. The zero-order chi connectivity index (χ0) is 12.4. The number of oxime groups is 1. The molecule has 4 heteroatoms. The Bertz CT molecular complexity index is 464. The van der Waals surface area contributed by atoms with E-state index in [4.69, 9.17) is 14.7 Å². The smallest absolute Gasteiger partial charge is 0.134 e. The van der Waals surface area contributed by atoms with Crippen LogP contribution in [0.2, 0.25) is 0 Å². The van der Waals surface area contributed by atoms with Crippen molar-refractivity contribution in [3.8, 4) is 11.5 Å². The lowest BCUT2D eigenvalue weighted by Crippen LogP contribution is -2.07. The number of ether oxygens (including phenoxy) is 2. The topological polar surface area (TPSA) is 51.1 Å². The van der Waals surface area contributed by atoms with Gasteiger partial charge in [0.2, 0.25) is 0 Å². The second kappa shape index (κ2) is 4.88. The average Bonchev–Trinajstić information content (AvgIpc) is 3.05. The van der Waals surface area contributed by atoms with Crippen molar-refractivity contribution in [1.29, 1.82) is 0 Å². The van der Waals surface area contributed by atoms with Gasteiger partial charge in [0.15, 0.2) is 0 Å². The Kier molecular flexibility index (Phi) is 3.09. The summed E-state index contributed by atoms with van der Waals surface area (Å²) in [5.41, 5.74) is 1.43. The highest BCUT2D eigenvalue weighted by Gasteiger charge is 2.21. The highest BCUT2D eigenvalue weighted by molar-refractivity contribution is 6.05. The molecule has 3 rings (SSSR count). The van der Waals surface area contributed by atoms with E-state index in [1.165, 1.54) is 25.7 Å². The summed E-state index contributed by atoms with van der Waals surface area (Å²) in [6.07, 6.45) is 5.22. The van der Waals surface area contributed by atoms with Crippen molar-refractivity contribution in [2.24, 2.45) is 11.1 Å². The predicted octanol–water partition coefficient (Wildman–Crippen LogP) is 2.83. The van der Waals surface area contributed by atoms with Crippen LogP contribution in [0.5, 0.6) is 11.5 Å². The zero-order valence-corrected chi connectivity index (χ0v) is 10.3. The van der Waals surface area contributed by atoms with Gasteiger partial charge in [-0.3, -0.25) is 0 Å². The molecule has 1 aromatic carbocycles. The largest absolute Gasteiger partial charge is 0.493 e. The highest BCUT2D eigenvalue weighted by Crippen LogP contribution is 2.31. The summed E-state index contributed by atoms with van der Waals surface area (Å²) in [6.45, 7) is 1.12. The van der Waals surface area contributed by atoms with Crippen molar-refractivity contribution in [3.05, 3.63) is 23.8 Å². The summed E-state index contributed by atoms with van der Waals surface area (Å²) in [5.74, 6) is 2.28. The van der Waals surface area contributed by atoms with Gasteiger partial charge in [0.1, 0.15) is 23.8 Å². The van der Waals surface area contributed by atoms with E-state index in [9.17, 15) is 0 Å². The van der Waals surface area contributed by atoms with E-state index in [1.54, 1.807) is 0 Å². The molecule has 1 N–H and O–H groups in total.